The van der Waals surface area contributed by atoms with Gasteiger partial charge in [0.05, 0.1) is 0 Å². The van der Waals surface area contributed by atoms with Crippen LogP contribution in [0.2, 0.25) is 0 Å². The summed E-state index contributed by atoms with van der Waals surface area (Å²) >= 11 is 0. The summed E-state index contributed by atoms with van der Waals surface area (Å²) < 4.78 is 13.6. The lowest BCUT2D eigenvalue weighted by Crippen LogP contribution is -2.33. The highest BCUT2D eigenvalue weighted by Gasteiger charge is 2.18. The molecule has 5 heteroatoms. The van der Waals surface area contributed by atoms with Gasteiger partial charge in [0.2, 0.25) is 0 Å². The topological polar surface area (TPSA) is 58.2 Å². The van der Waals surface area contributed by atoms with Crippen molar-refractivity contribution in [2.45, 2.75) is 38.1 Å². The first kappa shape index (κ1) is 18.1. The van der Waals surface area contributed by atoms with Crippen LogP contribution in [-0.2, 0) is 6.42 Å². The molecule has 4 nitrogen and oxygen atoms in total. The lowest BCUT2D eigenvalue weighted by Gasteiger charge is -2.12. The first-order chi connectivity index (χ1) is 12.6. The molecular formula is C21H23FN2O2. The summed E-state index contributed by atoms with van der Waals surface area (Å²) in [5, 5.41) is 5.80. The Hall–Kier alpha value is -2.69. The van der Waals surface area contributed by atoms with E-state index in [1.807, 2.05) is 0 Å². The molecule has 3 rings (SSSR count). The lowest BCUT2D eigenvalue weighted by molar-refractivity contribution is 0.0938. The summed E-state index contributed by atoms with van der Waals surface area (Å²) in [4.78, 5) is 24.6. The van der Waals surface area contributed by atoms with Crippen molar-refractivity contribution in [3.63, 3.8) is 0 Å². The minimum absolute atomic E-state index is 0.141. The monoisotopic (exact) mass is 354 g/mol. The van der Waals surface area contributed by atoms with Gasteiger partial charge in [0.15, 0.2) is 0 Å². The zero-order chi connectivity index (χ0) is 18.4. The Morgan fingerprint density at radius 2 is 1.65 bits per heavy atom. The van der Waals surface area contributed by atoms with E-state index in [0.29, 0.717) is 29.7 Å². The van der Waals surface area contributed by atoms with Gasteiger partial charge in [-0.05, 0) is 49.1 Å². The van der Waals surface area contributed by atoms with Gasteiger partial charge in [-0.25, -0.2) is 4.39 Å². The molecule has 1 aliphatic carbocycles. The van der Waals surface area contributed by atoms with Crippen LogP contribution in [0.5, 0.6) is 0 Å². The maximum atomic E-state index is 13.6. The highest BCUT2D eigenvalue weighted by molar-refractivity contribution is 5.99. The van der Waals surface area contributed by atoms with E-state index in [0.717, 1.165) is 25.7 Å². The number of hydrogen-bond donors (Lipinski definition) is 2. The number of rotatable bonds is 6. The van der Waals surface area contributed by atoms with Crippen molar-refractivity contribution in [2.75, 3.05) is 6.54 Å². The van der Waals surface area contributed by atoms with Gasteiger partial charge in [-0.2, -0.15) is 0 Å². The Morgan fingerprint density at radius 1 is 0.962 bits per heavy atom. The smallest absolute Gasteiger partial charge is 0.251 e. The van der Waals surface area contributed by atoms with Gasteiger partial charge < -0.3 is 10.6 Å². The van der Waals surface area contributed by atoms with Crippen molar-refractivity contribution >= 4 is 11.8 Å². The Kier molecular flexibility index (Phi) is 6.00. The average Bonchev–Trinajstić information content (AvgIpc) is 3.16. The molecule has 1 fully saturated rings. The zero-order valence-corrected chi connectivity index (χ0v) is 14.6. The Bertz CT molecular complexity index is 785. The van der Waals surface area contributed by atoms with E-state index in [2.05, 4.69) is 10.6 Å². The van der Waals surface area contributed by atoms with Crippen LogP contribution in [0.25, 0.3) is 0 Å². The highest BCUT2D eigenvalue weighted by atomic mass is 19.1. The highest BCUT2D eigenvalue weighted by Crippen LogP contribution is 2.18. The van der Waals surface area contributed by atoms with E-state index in [1.165, 1.54) is 6.07 Å². The molecular weight excluding hydrogens is 331 g/mol. The van der Waals surface area contributed by atoms with Gasteiger partial charge in [-0.3, -0.25) is 9.59 Å². The molecule has 0 heterocycles. The number of amides is 2. The van der Waals surface area contributed by atoms with Crippen LogP contribution in [0.15, 0.2) is 48.5 Å². The van der Waals surface area contributed by atoms with E-state index in [9.17, 15) is 14.0 Å². The largest absolute Gasteiger partial charge is 0.352 e. The molecule has 26 heavy (non-hydrogen) atoms. The van der Waals surface area contributed by atoms with Crippen LogP contribution in [0.1, 0.15) is 52.0 Å². The standard InChI is InChI=1S/C21H23FN2O2/c22-19-11-4-1-6-15(19)12-13-23-20(25)16-7-5-8-17(14-16)21(26)24-18-9-2-3-10-18/h1,4-8,11,14,18H,2-3,9-10,12-13H2,(H,23,25)(H,24,26). The van der Waals surface area contributed by atoms with Crippen molar-refractivity contribution in [1.82, 2.24) is 10.6 Å². The molecule has 0 bridgehead atoms. The second-order valence-corrected chi connectivity index (χ2v) is 6.63. The lowest BCUT2D eigenvalue weighted by atomic mass is 10.1. The first-order valence-corrected chi connectivity index (χ1v) is 9.06. The van der Waals surface area contributed by atoms with Crippen LogP contribution in [0.3, 0.4) is 0 Å². The van der Waals surface area contributed by atoms with E-state index in [1.54, 1.807) is 42.5 Å². The molecule has 2 aromatic carbocycles. The van der Waals surface area contributed by atoms with Gasteiger partial charge in [0.25, 0.3) is 11.8 Å². The minimum Gasteiger partial charge on any atom is -0.352 e. The maximum Gasteiger partial charge on any atom is 0.251 e. The Labute approximate surface area is 152 Å². The van der Waals surface area contributed by atoms with Gasteiger partial charge in [-0.1, -0.05) is 37.1 Å². The average molecular weight is 354 g/mol. The van der Waals surface area contributed by atoms with Gasteiger partial charge >= 0.3 is 0 Å². The molecule has 2 N–H and O–H groups in total. The van der Waals surface area contributed by atoms with Crippen molar-refractivity contribution in [3.05, 3.63) is 71.0 Å². The molecule has 0 atom stereocenters. The van der Waals surface area contributed by atoms with Crippen LogP contribution in [0, 0.1) is 5.82 Å². The fraction of sp³-hybridized carbons (Fsp3) is 0.333. The third kappa shape index (κ3) is 4.69. The number of halogens is 1. The molecule has 136 valence electrons. The fourth-order valence-electron chi connectivity index (χ4n) is 3.25. The second kappa shape index (κ2) is 8.61. The second-order valence-electron chi connectivity index (χ2n) is 6.63. The third-order valence-electron chi connectivity index (χ3n) is 4.72. The molecule has 2 amide bonds. The maximum absolute atomic E-state index is 13.6. The predicted molar refractivity (Wildman–Crippen MR) is 98.6 cm³/mol. The van der Waals surface area contributed by atoms with Crippen LogP contribution in [0.4, 0.5) is 4.39 Å². The summed E-state index contributed by atoms with van der Waals surface area (Å²) in [5.74, 6) is -0.679. The normalized spacial score (nSPS) is 14.2. The van der Waals surface area contributed by atoms with Gasteiger partial charge in [-0.15, -0.1) is 0 Å². The summed E-state index contributed by atoms with van der Waals surface area (Å²) in [6.45, 7) is 0.332. The predicted octanol–water partition coefficient (Wildman–Crippen LogP) is 3.47. The summed E-state index contributed by atoms with van der Waals surface area (Å²) in [7, 11) is 0. The molecule has 0 aliphatic heterocycles. The van der Waals surface area contributed by atoms with Crippen LogP contribution >= 0.6 is 0 Å². The van der Waals surface area contributed by atoms with E-state index in [4.69, 9.17) is 0 Å². The molecule has 0 radical (unpaired) electrons. The zero-order valence-electron chi connectivity index (χ0n) is 14.6. The fourth-order valence-corrected chi connectivity index (χ4v) is 3.25. The van der Waals surface area contributed by atoms with Gasteiger partial charge in [0.1, 0.15) is 5.82 Å². The number of benzene rings is 2. The molecule has 0 unspecified atom stereocenters. The van der Waals surface area contributed by atoms with E-state index >= 15 is 0 Å². The van der Waals surface area contributed by atoms with Gasteiger partial charge in [0, 0.05) is 23.7 Å². The van der Waals surface area contributed by atoms with Crippen molar-refractivity contribution in [2.24, 2.45) is 0 Å². The molecule has 0 saturated heterocycles. The van der Waals surface area contributed by atoms with E-state index < -0.39 is 0 Å². The number of nitrogens with one attached hydrogen (secondary N) is 2. The Balaban J connectivity index is 1.55. The van der Waals surface area contributed by atoms with Crippen molar-refractivity contribution in [3.8, 4) is 0 Å². The summed E-state index contributed by atoms with van der Waals surface area (Å²) in [5.41, 5.74) is 1.48. The molecule has 1 saturated carbocycles. The Morgan fingerprint density at radius 3 is 2.38 bits per heavy atom. The minimum atomic E-state index is -0.271. The van der Waals surface area contributed by atoms with Crippen LogP contribution < -0.4 is 10.6 Å². The third-order valence-corrected chi connectivity index (χ3v) is 4.72. The van der Waals surface area contributed by atoms with Crippen LogP contribution in [-0.4, -0.2) is 24.4 Å². The van der Waals surface area contributed by atoms with Crippen molar-refractivity contribution < 1.29 is 14.0 Å². The number of carbonyl (C=O) groups is 2. The van der Waals surface area contributed by atoms with E-state index in [-0.39, 0.29) is 23.7 Å². The molecule has 1 aliphatic rings. The molecule has 0 aromatic heterocycles. The molecule has 2 aromatic rings. The summed E-state index contributed by atoms with van der Waals surface area (Å²) in [6, 6.07) is 13.4. The SMILES string of the molecule is O=C(NCCc1ccccc1F)c1cccc(C(=O)NC2CCCC2)c1. The number of carbonyl (C=O) groups excluding carboxylic acids is 2. The van der Waals surface area contributed by atoms with Crippen molar-refractivity contribution in [1.29, 1.82) is 0 Å². The summed E-state index contributed by atoms with van der Waals surface area (Å²) in [6.07, 6.45) is 4.75. The number of hydrogen-bond acceptors (Lipinski definition) is 2. The molecule has 0 spiro atoms. The first-order valence-electron chi connectivity index (χ1n) is 9.06. The quantitative estimate of drug-likeness (QED) is 0.834.